The zero-order chi connectivity index (χ0) is 14.5. The van der Waals surface area contributed by atoms with Crippen molar-refractivity contribution < 1.29 is 4.74 Å². The molecule has 2 aliphatic rings. The van der Waals surface area contributed by atoms with Gasteiger partial charge in [-0.05, 0) is 56.8 Å². The van der Waals surface area contributed by atoms with Crippen LogP contribution in [0, 0.1) is 0 Å². The summed E-state index contributed by atoms with van der Waals surface area (Å²) in [6.45, 7) is 3.86. The van der Waals surface area contributed by atoms with E-state index in [1.54, 1.807) is 0 Å². The quantitative estimate of drug-likeness (QED) is 0.744. The lowest BCUT2D eigenvalue weighted by molar-refractivity contribution is 0.101. The topological polar surface area (TPSA) is 24.5 Å². The Hall–Kier alpha value is -0.900. The first-order valence-electron chi connectivity index (χ1n) is 8.40. The van der Waals surface area contributed by atoms with E-state index in [2.05, 4.69) is 41.5 Å². The van der Waals surface area contributed by atoms with Crippen LogP contribution in [0.3, 0.4) is 0 Å². The van der Waals surface area contributed by atoms with Crippen LogP contribution >= 0.6 is 0 Å². The molecule has 0 radical (unpaired) electrons. The van der Waals surface area contributed by atoms with Crippen molar-refractivity contribution in [2.24, 2.45) is 0 Å². The Labute approximate surface area is 128 Å². The van der Waals surface area contributed by atoms with Crippen molar-refractivity contribution in [1.29, 1.82) is 0 Å². The highest BCUT2D eigenvalue weighted by Gasteiger charge is 2.20. The summed E-state index contributed by atoms with van der Waals surface area (Å²) in [5, 5.41) is 3.56. The first kappa shape index (κ1) is 15.0. The third-order valence-corrected chi connectivity index (χ3v) is 4.70. The summed E-state index contributed by atoms with van der Waals surface area (Å²) in [6, 6.07) is 10.3. The highest BCUT2D eigenvalue weighted by Crippen LogP contribution is 2.20. The molecule has 0 spiro atoms. The van der Waals surface area contributed by atoms with Crippen LogP contribution in [0.15, 0.2) is 24.3 Å². The van der Waals surface area contributed by atoms with Crippen molar-refractivity contribution in [1.82, 2.24) is 10.2 Å². The molecule has 1 aliphatic carbocycles. The summed E-state index contributed by atoms with van der Waals surface area (Å²) < 4.78 is 5.88. The standard InChI is InChI=1S/C18H28N2O/c1-20-10-3-6-18(20)9-11-21-14-16-5-2-4-15(12-16)13-19-17-7-8-17/h2,4-5,12,17-19H,3,6-11,13-14H2,1H3. The van der Waals surface area contributed by atoms with Gasteiger partial charge >= 0.3 is 0 Å². The predicted molar refractivity (Wildman–Crippen MR) is 86.2 cm³/mol. The molecule has 1 aromatic rings. The second kappa shape index (κ2) is 7.39. The van der Waals surface area contributed by atoms with Crippen molar-refractivity contribution in [3.8, 4) is 0 Å². The molecule has 1 N–H and O–H groups in total. The van der Waals surface area contributed by atoms with E-state index in [9.17, 15) is 0 Å². The number of hydrogen-bond acceptors (Lipinski definition) is 3. The second-order valence-electron chi connectivity index (χ2n) is 6.59. The lowest BCUT2D eigenvalue weighted by Gasteiger charge is -2.19. The van der Waals surface area contributed by atoms with Gasteiger partial charge in [0, 0.05) is 25.2 Å². The maximum absolute atomic E-state index is 5.88. The average molecular weight is 288 g/mol. The normalized spacial score (nSPS) is 22.8. The van der Waals surface area contributed by atoms with Gasteiger partial charge in [-0.3, -0.25) is 0 Å². The van der Waals surface area contributed by atoms with Crippen molar-refractivity contribution >= 4 is 0 Å². The van der Waals surface area contributed by atoms with Gasteiger partial charge in [-0.25, -0.2) is 0 Å². The minimum Gasteiger partial charge on any atom is -0.377 e. The van der Waals surface area contributed by atoms with E-state index in [1.165, 1.54) is 49.8 Å². The number of ether oxygens (including phenoxy) is 1. The highest BCUT2D eigenvalue weighted by atomic mass is 16.5. The molecule has 1 saturated carbocycles. The lowest BCUT2D eigenvalue weighted by Crippen LogP contribution is -2.26. The first-order valence-corrected chi connectivity index (χ1v) is 8.40. The van der Waals surface area contributed by atoms with E-state index in [0.29, 0.717) is 0 Å². The van der Waals surface area contributed by atoms with Gasteiger partial charge in [0.25, 0.3) is 0 Å². The Morgan fingerprint density at radius 3 is 2.86 bits per heavy atom. The summed E-state index contributed by atoms with van der Waals surface area (Å²) >= 11 is 0. The van der Waals surface area contributed by atoms with E-state index < -0.39 is 0 Å². The van der Waals surface area contributed by atoms with Gasteiger partial charge in [0.05, 0.1) is 6.61 Å². The zero-order valence-electron chi connectivity index (χ0n) is 13.2. The van der Waals surface area contributed by atoms with E-state index in [-0.39, 0.29) is 0 Å². The fourth-order valence-electron chi connectivity index (χ4n) is 3.13. The van der Waals surface area contributed by atoms with Gasteiger partial charge in [0.1, 0.15) is 0 Å². The molecule has 1 unspecified atom stereocenters. The molecule has 1 saturated heterocycles. The van der Waals surface area contributed by atoms with Crippen molar-refractivity contribution in [3.63, 3.8) is 0 Å². The zero-order valence-corrected chi connectivity index (χ0v) is 13.2. The molecule has 2 fully saturated rings. The van der Waals surface area contributed by atoms with Crippen LogP contribution in [0.5, 0.6) is 0 Å². The SMILES string of the molecule is CN1CCCC1CCOCc1cccc(CNC2CC2)c1. The number of benzene rings is 1. The van der Waals surface area contributed by atoms with E-state index in [4.69, 9.17) is 4.74 Å². The van der Waals surface area contributed by atoms with Gasteiger partial charge in [-0.1, -0.05) is 24.3 Å². The molecule has 1 aromatic carbocycles. The summed E-state index contributed by atoms with van der Waals surface area (Å²) in [6.07, 6.45) is 6.54. The molecule has 0 aromatic heterocycles. The Bertz CT molecular complexity index is 445. The van der Waals surface area contributed by atoms with Gasteiger partial charge in [-0.2, -0.15) is 0 Å². The Balaban J connectivity index is 1.36. The van der Waals surface area contributed by atoms with Gasteiger partial charge in [0.2, 0.25) is 0 Å². The lowest BCUT2D eigenvalue weighted by atomic mass is 10.1. The molecule has 1 aliphatic heterocycles. The van der Waals surface area contributed by atoms with Crippen molar-refractivity contribution in [3.05, 3.63) is 35.4 Å². The maximum Gasteiger partial charge on any atom is 0.0716 e. The molecular weight excluding hydrogens is 260 g/mol. The first-order chi connectivity index (χ1) is 10.3. The largest absolute Gasteiger partial charge is 0.377 e. The van der Waals surface area contributed by atoms with Gasteiger partial charge in [0.15, 0.2) is 0 Å². The molecule has 0 bridgehead atoms. The fraction of sp³-hybridized carbons (Fsp3) is 0.667. The smallest absolute Gasteiger partial charge is 0.0716 e. The number of rotatable bonds is 8. The summed E-state index contributed by atoms with van der Waals surface area (Å²) in [4.78, 5) is 2.47. The predicted octanol–water partition coefficient (Wildman–Crippen LogP) is 2.94. The molecule has 3 heteroatoms. The fourth-order valence-corrected chi connectivity index (χ4v) is 3.13. The minimum absolute atomic E-state index is 0.735. The average Bonchev–Trinajstić information content (AvgIpc) is 3.24. The van der Waals surface area contributed by atoms with E-state index >= 15 is 0 Å². The van der Waals surface area contributed by atoms with Crippen LogP contribution in [0.25, 0.3) is 0 Å². The third kappa shape index (κ3) is 4.80. The van der Waals surface area contributed by atoms with Crippen LogP contribution in [0.2, 0.25) is 0 Å². The Kier molecular flexibility index (Phi) is 5.28. The molecule has 0 amide bonds. The molecule has 1 atom stereocenters. The minimum atomic E-state index is 0.735. The van der Waals surface area contributed by atoms with Crippen LogP contribution in [0.1, 0.15) is 43.2 Å². The Morgan fingerprint density at radius 2 is 2.10 bits per heavy atom. The van der Waals surface area contributed by atoms with Crippen molar-refractivity contribution in [2.45, 2.75) is 57.3 Å². The molecule has 1 heterocycles. The van der Waals surface area contributed by atoms with Gasteiger partial charge < -0.3 is 15.0 Å². The summed E-state index contributed by atoms with van der Waals surface area (Å²) in [5.74, 6) is 0. The monoisotopic (exact) mass is 288 g/mol. The van der Waals surface area contributed by atoms with Crippen molar-refractivity contribution in [2.75, 3.05) is 20.2 Å². The van der Waals surface area contributed by atoms with Crippen LogP contribution in [-0.2, 0) is 17.9 Å². The highest BCUT2D eigenvalue weighted by molar-refractivity contribution is 5.23. The van der Waals surface area contributed by atoms with Crippen LogP contribution in [0.4, 0.5) is 0 Å². The molecule has 3 nitrogen and oxygen atoms in total. The number of likely N-dealkylation sites (tertiary alicyclic amines) is 1. The summed E-state index contributed by atoms with van der Waals surface area (Å²) in [5.41, 5.74) is 2.67. The maximum atomic E-state index is 5.88. The molecule has 21 heavy (non-hydrogen) atoms. The molecule has 116 valence electrons. The second-order valence-corrected chi connectivity index (χ2v) is 6.59. The van der Waals surface area contributed by atoms with Gasteiger partial charge in [-0.15, -0.1) is 0 Å². The number of nitrogens with zero attached hydrogens (tertiary/aromatic N) is 1. The molecule has 3 rings (SSSR count). The Morgan fingerprint density at radius 1 is 1.24 bits per heavy atom. The van der Waals surface area contributed by atoms with E-state index in [1.807, 2.05) is 0 Å². The van der Waals surface area contributed by atoms with Crippen LogP contribution in [-0.4, -0.2) is 37.2 Å². The number of hydrogen-bond donors (Lipinski definition) is 1. The third-order valence-electron chi connectivity index (χ3n) is 4.70. The molecular formula is C18H28N2O. The van der Waals surface area contributed by atoms with E-state index in [0.717, 1.165) is 31.8 Å². The summed E-state index contributed by atoms with van der Waals surface area (Å²) in [7, 11) is 2.23. The number of nitrogens with one attached hydrogen (secondary N) is 1. The van der Waals surface area contributed by atoms with Crippen LogP contribution < -0.4 is 5.32 Å².